The Bertz CT molecular complexity index is 729. The number of sulfonamides is 1. The van der Waals surface area contributed by atoms with Crippen molar-refractivity contribution in [3.05, 3.63) is 59.6 Å². The van der Waals surface area contributed by atoms with E-state index in [1.807, 2.05) is 0 Å². The number of thioether (sulfide) groups is 1. The molecule has 0 amide bonds. The van der Waals surface area contributed by atoms with Gasteiger partial charge in [-0.15, -0.1) is 4.40 Å². The van der Waals surface area contributed by atoms with Crippen LogP contribution in [0.5, 0.6) is 0 Å². The first kappa shape index (κ1) is 15.9. The van der Waals surface area contributed by atoms with Crippen molar-refractivity contribution in [2.75, 3.05) is 11.6 Å². The summed E-state index contributed by atoms with van der Waals surface area (Å²) in [5.41, 5.74) is 0.718. The van der Waals surface area contributed by atoms with Crippen molar-refractivity contribution < 1.29 is 8.42 Å². The fourth-order valence-electron chi connectivity index (χ4n) is 1.52. The topological polar surface area (TPSA) is 58.5 Å². The number of nitrogens with one attached hydrogen (secondary N) is 1. The van der Waals surface area contributed by atoms with E-state index in [4.69, 9.17) is 11.6 Å². The molecule has 0 atom stereocenters. The summed E-state index contributed by atoms with van der Waals surface area (Å²) in [5.74, 6) is 0. The standard InChI is InChI=1S/C14H13ClN2O2S2/c1-20-14(16-12-9-7-11(15)8-10-12)17-21(18,19)13-5-3-2-4-6-13/h2-10H,1H3,(H,16,17). The third-order valence-electron chi connectivity index (χ3n) is 2.53. The second-order valence-corrected chi connectivity index (χ2v) is 6.86. The largest absolute Gasteiger partial charge is 0.334 e. The molecule has 0 bridgehead atoms. The number of hydrogen-bond donors (Lipinski definition) is 1. The van der Waals surface area contributed by atoms with Crippen LogP contribution in [0, 0.1) is 0 Å². The van der Waals surface area contributed by atoms with Gasteiger partial charge in [0, 0.05) is 10.7 Å². The molecule has 2 aromatic rings. The van der Waals surface area contributed by atoms with Gasteiger partial charge in [0.15, 0.2) is 5.17 Å². The predicted octanol–water partition coefficient (Wildman–Crippen LogP) is 3.86. The maximum Gasteiger partial charge on any atom is 0.284 e. The molecule has 0 aliphatic rings. The number of halogens is 1. The van der Waals surface area contributed by atoms with Crippen molar-refractivity contribution in [1.82, 2.24) is 0 Å². The Kier molecular flexibility index (Phi) is 5.27. The number of amidine groups is 1. The van der Waals surface area contributed by atoms with Gasteiger partial charge in [-0.05, 0) is 42.7 Å². The molecule has 0 heterocycles. The highest BCUT2D eigenvalue weighted by molar-refractivity contribution is 8.14. The molecule has 7 heteroatoms. The van der Waals surface area contributed by atoms with Crippen LogP contribution in [0.4, 0.5) is 5.69 Å². The van der Waals surface area contributed by atoms with Crippen molar-refractivity contribution in [2.24, 2.45) is 4.40 Å². The highest BCUT2D eigenvalue weighted by atomic mass is 35.5. The molecule has 4 nitrogen and oxygen atoms in total. The van der Waals surface area contributed by atoms with Crippen LogP contribution in [-0.4, -0.2) is 19.8 Å². The summed E-state index contributed by atoms with van der Waals surface area (Å²) in [4.78, 5) is 0.162. The Hall–Kier alpha value is -1.50. The molecule has 0 unspecified atom stereocenters. The highest BCUT2D eigenvalue weighted by Crippen LogP contribution is 2.17. The van der Waals surface area contributed by atoms with Gasteiger partial charge in [-0.2, -0.15) is 8.42 Å². The average Bonchev–Trinajstić information content (AvgIpc) is 2.49. The Morgan fingerprint density at radius 1 is 1.10 bits per heavy atom. The van der Waals surface area contributed by atoms with Gasteiger partial charge < -0.3 is 5.32 Å². The van der Waals surface area contributed by atoms with Gasteiger partial charge in [-0.1, -0.05) is 41.6 Å². The van der Waals surface area contributed by atoms with E-state index in [0.717, 1.165) is 5.69 Å². The fraction of sp³-hybridized carbons (Fsp3) is 0.0714. The summed E-state index contributed by atoms with van der Waals surface area (Å²) < 4.78 is 28.2. The van der Waals surface area contributed by atoms with Crippen molar-refractivity contribution in [1.29, 1.82) is 0 Å². The summed E-state index contributed by atoms with van der Waals surface area (Å²) in [7, 11) is -3.72. The van der Waals surface area contributed by atoms with E-state index in [9.17, 15) is 8.42 Å². The van der Waals surface area contributed by atoms with Gasteiger partial charge in [-0.3, -0.25) is 0 Å². The van der Waals surface area contributed by atoms with Gasteiger partial charge >= 0.3 is 0 Å². The first-order valence-electron chi connectivity index (χ1n) is 5.98. The fourth-order valence-corrected chi connectivity index (χ4v) is 3.33. The third kappa shape index (κ3) is 4.49. The van der Waals surface area contributed by atoms with Crippen LogP contribution in [0.25, 0.3) is 0 Å². The van der Waals surface area contributed by atoms with Gasteiger partial charge in [0.1, 0.15) is 0 Å². The molecule has 21 heavy (non-hydrogen) atoms. The minimum Gasteiger partial charge on any atom is -0.334 e. The number of benzene rings is 2. The van der Waals surface area contributed by atoms with Crippen LogP contribution in [0.15, 0.2) is 63.9 Å². The molecule has 2 aromatic carbocycles. The maximum atomic E-state index is 12.2. The van der Waals surface area contributed by atoms with Crippen LogP contribution < -0.4 is 5.32 Å². The van der Waals surface area contributed by atoms with Crippen LogP contribution in [0.3, 0.4) is 0 Å². The van der Waals surface area contributed by atoms with Gasteiger partial charge in [-0.25, -0.2) is 0 Å². The Morgan fingerprint density at radius 2 is 1.71 bits per heavy atom. The molecule has 0 aromatic heterocycles. The molecule has 0 saturated carbocycles. The van der Waals surface area contributed by atoms with Crippen molar-refractivity contribution >= 4 is 44.2 Å². The molecule has 0 saturated heterocycles. The van der Waals surface area contributed by atoms with E-state index < -0.39 is 10.0 Å². The zero-order valence-electron chi connectivity index (χ0n) is 11.2. The summed E-state index contributed by atoms with van der Waals surface area (Å²) in [5, 5.41) is 3.86. The summed E-state index contributed by atoms with van der Waals surface area (Å²) >= 11 is 7.03. The summed E-state index contributed by atoms with van der Waals surface area (Å²) in [6, 6.07) is 15.0. The van der Waals surface area contributed by atoms with Crippen molar-refractivity contribution in [3.8, 4) is 0 Å². The normalized spacial score (nSPS) is 12.2. The monoisotopic (exact) mass is 340 g/mol. The highest BCUT2D eigenvalue weighted by Gasteiger charge is 2.13. The van der Waals surface area contributed by atoms with E-state index >= 15 is 0 Å². The van der Waals surface area contributed by atoms with E-state index in [1.54, 1.807) is 48.7 Å². The van der Waals surface area contributed by atoms with Crippen LogP contribution >= 0.6 is 23.4 Å². The van der Waals surface area contributed by atoms with Crippen LogP contribution in [0.2, 0.25) is 5.02 Å². The number of nitrogens with zero attached hydrogens (tertiary/aromatic N) is 1. The lowest BCUT2D eigenvalue weighted by Crippen LogP contribution is -2.10. The molecule has 0 aliphatic carbocycles. The molecule has 1 N–H and O–H groups in total. The molecular formula is C14H13ClN2O2S2. The van der Waals surface area contributed by atoms with Gasteiger partial charge in [0.2, 0.25) is 0 Å². The Balaban J connectivity index is 2.26. The maximum absolute atomic E-state index is 12.2. The summed E-state index contributed by atoms with van der Waals surface area (Å²) in [6.45, 7) is 0. The zero-order chi connectivity index (χ0) is 15.3. The Labute approximate surface area is 133 Å². The number of rotatable bonds is 3. The quantitative estimate of drug-likeness (QED) is 0.681. The molecule has 110 valence electrons. The van der Waals surface area contributed by atoms with E-state index in [2.05, 4.69) is 9.71 Å². The van der Waals surface area contributed by atoms with E-state index in [-0.39, 0.29) is 4.90 Å². The lowest BCUT2D eigenvalue weighted by atomic mass is 10.3. The predicted molar refractivity (Wildman–Crippen MR) is 89.7 cm³/mol. The van der Waals surface area contributed by atoms with E-state index in [1.165, 1.54) is 23.9 Å². The molecule has 0 spiro atoms. The van der Waals surface area contributed by atoms with E-state index in [0.29, 0.717) is 10.2 Å². The van der Waals surface area contributed by atoms with Crippen LogP contribution in [-0.2, 0) is 10.0 Å². The molecule has 0 radical (unpaired) electrons. The first-order valence-corrected chi connectivity index (χ1v) is 9.02. The number of anilines is 1. The lowest BCUT2D eigenvalue weighted by Gasteiger charge is -2.07. The van der Waals surface area contributed by atoms with Crippen molar-refractivity contribution in [2.45, 2.75) is 4.90 Å². The smallest absolute Gasteiger partial charge is 0.284 e. The molecular weight excluding hydrogens is 328 g/mol. The first-order chi connectivity index (χ1) is 10.0. The molecule has 0 fully saturated rings. The second kappa shape index (κ2) is 6.98. The van der Waals surface area contributed by atoms with Crippen molar-refractivity contribution in [3.63, 3.8) is 0 Å². The van der Waals surface area contributed by atoms with Crippen LogP contribution in [0.1, 0.15) is 0 Å². The molecule has 2 rings (SSSR count). The van der Waals surface area contributed by atoms with Gasteiger partial charge in [0.25, 0.3) is 10.0 Å². The van der Waals surface area contributed by atoms with Gasteiger partial charge in [0.05, 0.1) is 4.90 Å². The number of hydrogen-bond acceptors (Lipinski definition) is 3. The summed E-state index contributed by atoms with van der Waals surface area (Å²) in [6.07, 6.45) is 1.75. The minimum atomic E-state index is -3.72. The average molecular weight is 341 g/mol. The minimum absolute atomic E-state index is 0.162. The Morgan fingerprint density at radius 3 is 2.29 bits per heavy atom. The second-order valence-electron chi connectivity index (χ2n) is 4.02. The third-order valence-corrected chi connectivity index (χ3v) is 4.77. The SMILES string of the molecule is CS/C(=N\S(=O)(=O)c1ccccc1)Nc1ccc(Cl)cc1. The molecule has 0 aliphatic heterocycles. The lowest BCUT2D eigenvalue weighted by molar-refractivity contribution is 0.598. The zero-order valence-corrected chi connectivity index (χ0v) is 13.5.